The molecule has 0 saturated heterocycles. The van der Waals surface area contributed by atoms with Gasteiger partial charge in [-0.05, 0) is 62.3 Å². The molecule has 5 aliphatic rings. The Morgan fingerprint density at radius 3 is 2.30 bits per heavy atom. The van der Waals surface area contributed by atoms with Gasteiger partial charge in [0.2, 0.25) is 5.91 Å². The van der Waals surface area contributed by atoms with Crippen molar-refractivity contribution in [3.05, 3.63) is 28.2 Å². The number of aliphatic carboxylic acids is 1. The summed E-state index contributed by atoms with van der Waals surface area (Å²) in [6.45, 7) is 0. The molecule has 160 valence electrons. The van der Waals surface area contributed by atoms with E-state index in [2.05, 4.69) is 10.6 Å². The van der Waals surface area contributed by atoms with E-state index in [0.29, 0.717) is 10.6 Å². The molecule has 1 aromatic heterocycles. The Hall–Kier alpha value is -2.15. The van der Waals surface area contributed by atoms with Gasteiger partial charge < -0.3 is 15.7 Å². The largest absolute Gasteiger partial charge is 0.481 e. The van der Waals surface area contributed by atoms with E-state index in [4.69, 9.17) is 0 Å². The standard InChI is InChI=1S/C23H28N2O4S/c26-20(17-12-8-10-13(11-9-12)18(17)23(28)29)25-22-19(15-6-3-7-16(15)30-22)21(27)24-14-4-1-2-5-14/h8,10,12-14,17-18H,1-7,9,11H2,(H,24,27)(H,25,26)(H,28,29)/t12-,13+,17-,18-/m0/s1. The first-order valence-corrected chi connectivity index (χ1v) is 12.0. The Morgan fingerprint density at radius 2 is 1.63 bits per heavy atom. The summed E-state index contributed by atoms with van der Waals surface area (Å²) in [7, 11) is 0. The van der Waals surface area contributed by atoms with E-state index in [1.807, 2.05) is 12.2 Å². The van der Waals surface area contributed by atoms with Gasteiger partial charge in [-0.15, -0.1) is 11.3 Å². The lowest BCUT2D eigenvalue weighted by atomic mass is 9.62. The molecule has 0 unspecified atom stereocenters. The lowest BCUT2D eigenvalue weighted by Crippen LogP contribution is -2.47. The van der Waals surface area contributed by atoms with Crippen LogP contribution in [-0.4, -0.2) is 28.9 Å². The van der Waals surface area contributed by atoms with Gasteiger partial charge in [0.25, 0.3) is 5.91 Å². The van der Waals surface area contributed by atoms with Crippen molar-refractivity contribution in [1.82, 2.24) is 5.32 Å². The topological polar surface area (TPSA) is 95.5 Å². The number of rotatable bonds is 5. The quantitative estimate of drug-likeness (QED) is 0.622. The summed E-state index contributed by atoms with van der Waals surface area (Å²) in [5.41, 5.74) is 1.70. The van der Waals surface area contributed by atoms with Crippen molar-refractivity contribution < 1.29 is 19.5 Å². The van der Waals surface area contributed by atoms with E-state index in [1.165, 1.54) is 16.2 Å². The summed E-state index contributed by atoms with van der Waals surface area (Å²) in [6, 6.07) is 0.216. The second kappa shape index (κ2) is 7.84. The molecule has 7 heteroatoms. The average Bonchev–Trinajstić information content (AvgIpc) is 3.45. The Balaban J connectivity index is 1.40. The van der Waals surface area contributed by atoms with Crippen LogP contribution in [0.4, 0.5) is 5.00 Å². The number of amides is 2. The highest BCUT2D eigenvalue weighted by atomic mass is 32.1. The molecule has 6 rings (SSSR count). The molecule has 2 saturated carbocycles. The molecule has 2 amide bonds. The fraction of sp³-hybridized carbons (Fsp3) is 0.609. The van der Waals surface area contributed by atoms with Crippen LogP contribution in [0.25, 0.3) is 0 Å². The van der Waals surface area contributed by atoms with Gasteiger partial charge in [0.05, 0.1) is 17.4 Å². The Kier molecular flexibility index (Phi) is 5.17. The van der Waals surface area contributed by atoms with Gasteiger partial charge in [-0.3, -0.25) is 14.4 Å². The summed E-state index contributed by atoms with van der Waals surface area (Å²) in [5.74, 6) is -2.62. The normalized spacial score (nSPS) is 29.7. The van der Waals surface area contributed by atoms with E-state index in [9.17, 15) is 19.5 Å². The number of carboxylic acid groups (broad SMARTS) is 1. The van der Waals surface area contributed by atoms with E-state index in [1.54, 1.807) is 0 Å². The van der Waals surface area contributed by atoms with Crippen molar-refractivity contribution >= 4 is 34.1 Å². The number of nitrogens with one attached hydrogen (secondary N) is 2. The molecule has 6 nitrogen and oxygen atoms in total. The van der Waals surface area contributed by atoms with Crippen molar-refractivity contribution in [3.8, 4) is 0 Å². The Morgan fingerprint density at radius 1 is 0.933 bits per heavy atom. The van der Waals surface area contributed by atoms with Gasteiger partial charge in [-0.1, -0.05) is 25.0 Å². The van der Waals surface area contributed by atoms with Crippen LogP contribution in [0.2, 0.25) is 0 Å². The van der Waals surface area contributed by atoms with E-state index < -0.39 is 17.8 Å². The second-order valence-corrected chi connectivity index (χ2v) is 10.3. The third-order valence-electron chi connectivity index (χ3n) is 7.41. The monoisotopic (exact) mass is 428 g/mol. The van der Waals surface area contributed by atoms with Gasteiger partial charge >= 0.3 is 5.97 Å². The SMILES string of the molecule is O=C(NC1CCCC1)c1c(NC(=O)[C@@H]2[C@@H](C(=O)O)[C@@H]3C=C[C@H]2CC3)sc2c1CCC2. The summed E-state index contributed by atoms with van der Waals surface area (Å²) < 4.78 is 0. The van der Waals surface area contributed by atoms with Gasteiger partial charge in [0.15, 0.2) is 0 Å². The lowest BCUT2D eigenvalue weighted by molar-refractivity contribution is -0.151. The Bertz CT molecular complexity index is 915. The summed E-state index contributed by atoms with van der Waals surface area (Å²) in [4.78, 5) is 39.5. The van der Waals surface area contributed by atoms with Crippen molar-refractivity contribution in [3.63, 3.8) is 0 Å². The first-order chi connectivity index (χ1) is 14.5. The fourth-order valence-electron chi connectivity index (χ4n) is 5.94. The molecule has 0 aromatic carbocycles. The van der Waals surface area contributed by atoms with Gasteiger partial charge in [-0.2, -0.15) is 0 Å². The maximum absolute atomic E-state index is 13.3. The van der Waals surface area contributed by atoms with Crippen molar-refractivity contribution in [2.45, 2.75) is 63.8 Å². The number of carbonyl (C=O) groups excluding carboxylic acids is 2. The summed E-state index contributed by atoms with van der Waals surface area (Å²) in [6.07, 6.45) is 12.8. The third-order valence-corrected chi connectivity index (χ3v) is 8.62. The molecular weight excluding hydrogens is 400 g/mol. The Labute approximate surface area is 180 Å². The highest BCUT2D eigenvalue weighted by Gasteiger charge is 2.48. The zero-order chi connectivity index (χ0) is 20.8. The van der Waals surface area contributed by atoms with Crippen LogP contribution in [0.15, 0.2) is 12.2 Å². The maximum Gasteiger partial charge on any atom is 0.307 e. The van der Waals surface area contributed by atoms with E-state index in [0.717, 1.165) is 63.4 Å². The molecule has 0 spiro atoms. The minimum Gasteiger partial charge on any atom is -0.481 e. The van der Waals surface area contributed by atoms with Crippen LogP contribution in [0.1, 0.15) is 65.7 Å². The number of carbonyl (C=O) groups is 3. The van der Waals surface area contributed by atoms with Crippen molar-refractivity contribution in [2.75, 3.05) is 5.32 Å². The summed E-state index contributed by atoms with van der Waals surface area (Å²) >= 11 is 1.50. The lowest BCUT2D eigenvalue weighted by Gasteiger charge is -2.41. The molecule has 5 aliphatic carbocycles. The number of allylic oxidation sites excluding steroid dienone is 2. The molecule has 1 aromatic rings. The molecule has 3 N–H and O–H groups in total. The zero-order valence-electron chi connectivity index (χ0n) is 17.0. The predicted octanol–water partition coefficient (Wildman–Crippen LogP) is 3.76. The minimum absolute atomic E-state index is 0.0429. The first kappa shape index (κ1) is 19.8. The molecule has 2 fully saturated rings. The second-order valence-electron chi connectivity index (χ2n) is 9.19. The third kappa shape index (κ3) is 3.37. The highest BCUT2D eigenvalue weighted by Crippen LogP contribution is 2.46. The van der Waals surface area contributed by atoms with Crippen LogP contribution in [0, 0.1) is 23.7 Å². The van der Waals surface area contributed by atoms with Crippen molar-refractivity contribution in [1.29, 1.82) is 0 Å². The van der Waals surface area contributed by atoms with Crippen LogP contribution in [-0.2, 0) is 22.4 Å². The number of carboxylic acids is 1. The van der Waals surface area contributed by atoms with E-state index >= 15 is 0 Å². The maximum atomic E-state index is 13.3. The molecule has 0 radical (unpaired) electrons. The zero-order valence-corrected chi connectivity index (χ0v) is 17.8. The van der Waals surface area contributed by atoms with Crippen LogP contribution < -0.4 is 10.6 Å². The van der Waals surface area contributed by atoms with Gasteiger partial charge in [0, 0.05) is 10.9 Å². The molecule has 0 aliphatic heterocycles. The fourth-order valence-corrected chi connectivity index (χ4v) is 7.23. The van der Waals surface area contributed by atoms with Crippen LogP contribution in [0.5, 0.6) is 0 Å². The molecular formula is C23H28N2O4S. The van der Waals surface area contributed by atoms with E-state index in [-0.39, 0.29) is 29.7 Å². The number of hydrogen-bond donors (Lipinski definition) is 3. The number of fused-ring (bicyclic) bond motifs is 3. The number of hydrogen-bond acceptors (Lipinski definition) is 4. The number of thiophene rings is 1. The molecule has 30 heavy (non-hydrogen) atoms. The average molecular weight is 429 g/mol. The first-order valence-electron chi connectivity index (χ1n) is 11.2. The van der Waals surface area contributed by atoms with Gasteiger partial charge in [0.1, 0.15) is 5.00 Å². The smallest absolute Gasteiger partial charge is 0.307 e. The predicted molar refractivity (Wildman–Crippen MR) is 115 cm³/mol. The van der Waals surface area contributed by atoms with Crippen LogP contribution >= 0.6 is 11.3 Å². The molecule has 2 bridgehead atoms. The number of aryl methyl sites for hydroxylation is 1. The minimum atomic E-state index is -0.901. The molecule has 4 atom stereocenters. The highest BCUT2D eigenvalue weighted by molar-refractivity contribution is 7.17. The summed E-state index contributed by atoms with van der Waals surface area (Å²) in [5, 5.41) is 16.6. The van der Waals surface area contributed by atoms with Gasteiger partial charge in [-0.25, -0.2) is 0 Å². The van der Waals surface area contributed by atoms with Crippen LogP contribution in [0.3, 0.4) is 0 Å². The molecule has 1 heterocycles. The number of anilines is 1. The van der Waals surface area contributed by atoms with Crippen molar-refractivity contribution in [2.24, 2.45) is 23.7 Å².